The van der Waals surface area contributed by atoms with Crippen molar-refractivity contribution in [1.29, 1.82) is 0 Å². The van der Waals surface area contributed by atoms with Gasteiger partial charge in [-0.3, -0.25) is 0 Å². The minimum Gasteiger partial charge on any atom is -0.445 e. The molecule has 15 heavy (non-hydrogen) atoms. The van der Waals surface area contributed by atoms with E-state index in [9.17, 15) is 4.79 Å². The summed E-state index contributed by atoms with van der Waals surface area (Å²) in [4.78, 5) is 10.5. The second-order valence-electron chi connectivity index (χ2n) is 2.51. The van der Waals surface area contributed by atoms with E-state index < -0.39 is 11.4 Å². The van der Waals surface area contributed by atoms with E-state index in [1.54, 1.807) is 20.8 Å². The van der Waals surface area contributed by atoms with Gasteiger partial charge in [-0.2, -0.15) is 0 Å². The Hall–Kier alpha value is -0.360. The molecule has 0 aromatic carbocycles. The second kappa shape index (κ2) is 7.87. The highest BCUT2D eigenvalue weighted by Gasteiger charge is 2.34. The van der Waals surface area contributed by atoms with Gasteiger partial charge >= 0.3 is 11.4 Å². The zero-order chi connectivity index (χ0) is 11.7. The predicted molar refractivity (Wildman–Crippen MR) is 54.8 cm³/mol. The zero-order valence-corrected chi connectivity index (χ0v) is 10.0. The SMILES string of the molecule is CCOC(COC(=O)Cl)(OCC)OCC. The van der Waals surface area contributed by atoms with Crippen LogP contribution in [0.25, 0.3) is 0 Å². The molecule has 5 nitrogen and oxygen atoms in total. The number of halogens is 1. The lowest BCUT2D eigenvalue weighted by Gasteiger charge is -2.31. The number of rotatable bonds is 8. The van der Waals surface area contributed by atoms with Gasteiger partial charge in [0, 0.05) is 31.4 Å². The number of hydrogen-bond acceptors (Lipinski definition) is 5. The summed E-state index contributed by atoms with van der Waals surface area (Å²) in [5.74, 6) is -1.34. The van der Waals surface area contributed by atoms with Crippen LogP contribution in [0.3, 0.4) is 0 Å². The molecule has 0 heterocycles. The van der Waals surface area contributed by atoms with Crippen molar-refractivity contribution in [2.24, 2.45) is 0 Å². The van der Waals surface area contributed by atoms with Gasteiger partial charge in [-0.25, -0.2) is 4.79 Å². The largest absolute Gasteiger partial charge is 0.445 e. The summed E-state index contributed by atoms with van der Waals surface area (Å²) in [6.45, 7) is 6.30. The van der Waals surface area contributed by atoms with Crippen molar-refractivity contribution in [3.63, 3.8) is 0 Å². The van der Waals surface area contributed by atoms with Gasteiger partial charge in [-0.15, -0.1) is 0 Å². The maximum absolute atomic E-state index is 10.5. The molecule has 0 unspecified atom stereocenters. The second-order valence-corrected chi connectivity index (χ2v) is 2.82. The molecule has 0 radical (unpaired) electrons. The van der Waals surface area contributed by atoms with Crippen molar-refractivity contribution in [3.8, 4) is 0 Å². The maximum Gasteiger partial charge on any atom is 0.404 e. The van der Waals surface area contributed by atoms with E-state index in [0.717, 1.165) is 0 Å². The Labute approximate surface area is 94.6 Å². The lowest BCUT2D eigenvalue weighted by atomic mass is 10.5. The van der Waals surface area contributed by atoms with Crippen LogP contribution in [0.15, 0.2) is 0 Å². The fourth-order valence-electron chi connectivity index (χ4n) is 1.05. The monoisotopic (exact) mass is 240 g/mol. The average Bonchev–Trinajstić information content (AvgIpc) is 2.16. The molecule has 0 atom stereocenters. The van der Waals surface area contributed by atoms with Gasteiger partial charge in [0.1, 0.15) is 0 Å². The van der Waals surface area contributed by atoms with Gasteiger partial charge < -0.3 is 18.9 Å². The quantitative estimate of drug-likeness (QED) is 0.481. The van der Waals surface area contributed by atoms with E-state index in [0.29, 0.717) is 19.8 Å². The number of carbonyl (C=O) groups is 1. The van der Waals surface area contributed by atoms with Crippen LogP contribution >= 0.6 is 11.6 Å². The van der Waals surface area contributed by atoms with Crippen molar-refractivity contribution < 1.29 is 23.7 Å². The highest BCUT2D eigenvalue weighted by Crippen LogP contribution is 2.16. The van der Waals surface area contributed by atoms with Gasteiger partial charge in [0.15, 0.2) is 6.61 Å². The molecule has 6 heteroatoms. The molecule has 0 N–H and O–H groups in total. The molecule has 0 aliphatic rings. The normalized spacial score (nSPS) is 11.5. The van der Waals surface area contributed by atoms with E-state index >= 15 is 0 Å². The fourth-order valence-corrected chi connectivity index (χ4v) is 1.11. The van der Waals surface area contributed by atoms with Crippen molar-refractivity contribution in [1.82, 2.24) is 0 Å². The van der Waals surface area contributed by atoms with Gasteiger partial charge in [-0.05, 0) is 20.8 Å². The first-order valence-electron chi connectivity index (χ1n) is 4.84. The first kappa shape index (κ1) is 14.6. The molecule has 0 fully saturated rings. The van der Waals surface area contributed by atoms with E-state index in [1.165, 1.54) is 0 Å². The van der Waals surface area contributed by atoms with Gasteiger partial charge in [-0.1, -0.05) is 0 Å². The minimum absolute atomic E-state index is 0.190. The third kappa shape index (κ3) is 5.94. The van der Waals surface area contributed by atoms with Crippen LogP contribution < -0.4 is 0 Å². The molecule has 0 saturated carbocycles. The van der Waals surface area contributed by atoms with Crippen LogP contribution in [0.2, 0.25) is 0 Å². The number of carbonyl (C=O) groups excluding carboxylic acids is 1. The van der Waals surface area contributed by atoms with Gasteiger partial charge in [0.2, 0.25) is 0 Å². The Morgan fingerprint density at radius 3 is 1.73 bits per heavy atom. The number of ether oxygens (including phenoxy) is 4. The fraction of sp³-hybridized carbons (Fsp3) is 0.889. The van der Waals surface area contributed by atoms with E-state index in [-0.39, 0.29) is 6.61 Å². The first-order chi connectivity index (χ1) is 7.10. The van der Waals surface area contributed by atoms with Crippen LogP contribution in [0.4, 0.5) is 4.79 Å². The van der Waals surface area contributed by atoms with Crippen molar-refractivity contribution in [2.75, 3.05) is 26.4 Å². The minimum atomic E-state index is -1.34. The summed E-state index contributed by atoms with van der Waals surface area (Å²) >= 11 is 5.06. The molecule has 0 aromatic rings. The molecule has 0 rings (SSSR count). The maximum atomic E-state index is 10.5. The lowest BCUT2D eigenvalue weighted by molar-refractivity contribution is -0.386. The lowest BCUT2D eigenvalue weighted by Crippen LogP contribution is -2.44. The summed E-state index contributed by atoms with van der Waals surface area (Å²) in [7, 11) is 0. The molecular formula is C9H17ClO5. The topological polar surface area (TPSA) is 54.0 Å². The summed E-state index contributed by atoms with van der Waals surface area (Å²) < 4.78 is 20.5. The Kier molecular flexibility index (Phi) is 7.68. The standard InChI is InChI=1S/C9H17ClO5/c1-4-13-9(14-5-2,15-6-3)7-12-8(10)11/h4-7H2,1-3H3. The molecule has 0 spiro atoms. The van der Waals surface area contributed by atoms with Crippen molar-refractivity contribution in [3.05, 3.63) is 0 Å². The van der Waals surface area contributed by atoms with Crippen molar-refractivity contribution >= 4 is 17.0 Å². The van der Waals surface area contributed by atoms with E-state index in [4.69, 9.17) is 25.8 Å². The first-order valence-corrected chi connectivity index (χ1v) is 5.22. The average molecular weight is 241 g/mol. The molecule has 0 amide bonds. The molecule has 0 saturated heterocycles. The summed E-state index contributed by atoms with van der Waals surface area (Å²) in [5.41, 5.74) is -0.918. The van der Waals surface area contributed by atoms with Crippen LogP contribution in [0.5, 0.6) is 0 Å². The summed E-state index contributed by atoms with van der Waals surface area (Å²) in [5, 5.41) is 0. The molecule has 0 aliphatic heterocycles. The van der Waals surface area contributed by atoms with Gasteiger partial charge in [0.25, 0.3) is 0 Å². The smallest absolute Gasteiger partial charge is 0.404 e. The Bertz CT molecular complexity index is 168. The zero-order valence-electron chi connectivity index (χ0n) is 9.25. The molecule has 0 bridgehead atoms. The molecular weight excluding hydrogens is 224 g/mol. The van der Waals surface area contributed by atoms with Crippen LogP contribution in [0.1, 0.15) is 20.8 Å². The Morgan fingerprint density at radius 2 is 1.47 bits per heavy atom. The molecule has 0 aliphatic carbocycles. The van der Waals surface area contributed by atoms with Crippen LogP contribution in [-0.2, 0) is 18.9 Å². The summed E-state index contributed by atoms with van der Waals surface area (Å²) in [6, 6.07) is 0. The van der Waals surface area contributed by atoms with Crippen molar-refractivity contribution in [2.45, 2.75) is 26.7 Å². The third-order valence-corrected chi connectivity index (χ3v) is 1.56. The van der Waals surface area contributed by atoms with Crippen LogP contribution in [0, 0.1) is 0 Å². The van der Waals surface area contributed by atoms with Crippen LogP contribution in [-0.4, -0.2) is 37.8 Å². The highest BCUT2D eigenvalue weighted by atomic mass is 35.5. The molecule has 90 valence electrons. The third-order valence-electron chi connectivity index (χ3n) is 1.46. The number of hydrogen-bond donors (Lipinski definition) is 0. The van der Waals surface area contributed by atoms with Gasteiger partial charge in [0.05, 0.1) is 0 Å². The predicted octanol–water partition coefficient (Wildman–Crippen LogP) is 2.13. The highest BCUT2D eigenvalue weighted by molar-refractivity contribution is 6.61. The summed E-state index contributed by atoms with van der Waals surface area (Å²) in [6.07, 6.45) is 0. The van der Waals surface area contributed by atoms with E-state index in [2.05, 4.69) is 4.74 Å². The Morgan fingerprint density at radius 1 is 1.07 bits per heavy atom. The van der Waals surface area contributed by atoms with E-state index in [1.807, 2.05) is 0 Å². The molecule has 0 aromatic heterocycles. The Balaban J connectivity index is 4.37.